The summed E-state index contributed by atoms with van der Waals surface area (Å²) in [5.41, 5.74) is 0.885. The molecule has 4 fully saturated rings. The Bertz CT molecular complexity index is 849. The number of carbonyl (C=O) groups is 1. The smallest absolute Gasteiger partial charge is 0.302 e. The predicted octanol–water partition coefficient (Wildman–Crippen LogP) is 4.85. The predicted molar refractivity (Wildman–Crippen MR) is 126 cm³/mol. The molecule has 5 aliphatic rings. The Labute approximate surface area is 199 Å². The highest BCUT2D eigenvalue weighted by Crippen LogP contribution is 2.73. The molecule has 0 bridgehead atoms. The van der Waals surface area contributed by atoms with E-state index in [1.807, 2.05) is 6.92 Å². The van der Waals surface area contributed by atoms with Crippen molar-refractivity contribution in [3.05, 3.63) is 11.6 Å². The zero-order chi connectivity index (χ0) is 24.0. The number of allylic oxidation sites excluding steroid dienone is 1. The van der Waals surface area contributed by atoms with E-state index in [1.165, 1.54) is 18.9 Å². The summed E-state index contributed by atoms with van der Waals surface area (Å²) in [6.07, 6.45) is 8.17. The van der Waals surface area contributed by atoms with Crippen LogP contribution in [-0.4, -0.2) is 41.3 Å². The number of carbonyl (C=O) groups excluding carboxylic acids is 1. The minimum absolute atomic E-state index is 0.0195. The lowest BCUT2D eigenvalue weighted by Crippen LogP contribution is -2.68. The van der Waals surface area contributed by atoms with Gasteiger partial charge in [-0.15, -0.1) is 0 Å². The number of aliphatic hydroxyl groups is 2. The van der Waals surface area contributed by atoms with Crippen LogP contribution in [0.25, 0.3) is 0 Å². The monoisotopic (exact) mass is 460 g/mol. The van der Waals surface area contributed by atoms with Gasteiger partial charge < -0.3 is 19.7 Å². The molecule has 5 nitrogen and oxygen atoms in total. The van der Waals surface area contributed by atoms with Gasteiger partial charge in [-0.05, 0) is 79.6 Å². The third-order valence-electron chi connectivity index (χ3n) is 11.5. The molecule has 2 N–H and O–H groups in total. The fourth-order valence-corrected chi connectivity index (χ4v) is 10.2. The molecule has 0 unspecified atom stereocenters. The van der Waals surface area contributed by atoms with Crippen molar-refractivity contribution in [1.82, 2.24) is 0 Å². The van der Waals surface area contributed by atoms with E-state index in [0.29, 0.717) is 24.9 Å². The zero-order valence-corrected chi connectivity index (χ0v) is 21.4. The number of hydrogen-bond donors (Lipinski definition) is 2. The first-order chi connectivity index (χ1) is 15.4. The highest BCUT2D eigenvalue weighted by Gasteiger charge is 2.70. The molecule has 1 heterocycles. The molecule has 5 heteroatoms. The van der Waals surface area contributed by atoms with Gasteiger partial charge in [-0.1, -0.05) is 40.2 Å². The Kier molecular flexibility index (Phi) is 5.44. The minimum Gasteiger partial charge on any atom is -0.465 e. The molecule has 33 heavy (non-hydrogen) atoms. The molecule has 4 aliphatic carbocycles. The molecule has 0 aromatic carbocycles. The van der Waals surface area contributed by atoms with Gasteiger partial charge in [0, 0.05) is 23.7 Å². The van der Waals surface area contributed by atoms with Crippen molar-refractivity contribution in [3.63, 3.8) is 0 Å². The SMILES string of the molecule is CC(=O)OC[C@]12CCCC(C)(C)[C@@H]1CC[C@]1(C)[C@H]2C[C@H](O)[C@]2(C)[C@@H]3C(=CC[C@@H]12)[C@H](C)O[C@H]3O. The van der Waals surface area contributed by atoms with E-state index in [4.69, 9.17) is 9.47 Å². The molecule has 1 aliphatic heterocycles. The van der Waals surface area contributed by atoms with Crippen molar-refractivity contribution >= 4 is 5.97 Å². The van der Waals surface area contributed by atoms with E-state index >= 15 is 0 Å². The van der Waals surface area contributed by atoms with Crippen molar-refractivity contribution < 1.29 is 24.5 Å². The van der Waals surface area contributed by atoms with Crippen molar-refractivity contribution in [2.24, 2.45) is 45.3 Å². The molecule has 1 saturated heterocycles. The van der Waals surface area contributed by atoms with E-state index in [-0.39, 0.29) is 40.2 Å². The topological polar surface area (TPSA) is 76.0 Å². The van der Waals surface area contributed by atoms with Crippen LogP contribution < -0.4 is 0 Å². The largest absolute Gasteiger partial charge is 0.465 e. The zero-order valence-electron chi connectivity index (χ0n) is 21.4. The normalized spacial score (nSPS) is 52.6. The summed E-state index contributed by atoms with van der Waals surface area (Å²) in [5, 5.41) is 22.8. The first-order valence-electron chi connectivity index (χ1n) is 13.2. The maximum Gasteiger partial charge on any atom is 0.302 e. The number of ether oxygens (including phenoxy) is 2. The van der Waals surface area contributed by atoms with Crippen LogP contribution in [0.15, 0.2) is 11.6 Å². The maximum absolute atomic E-state index is 12.0. The summed E-state index contributed by atoms with van der Waals surface area (Å²) >= 11 is 0. The summed E-state index contributed by atoms with van der Waals surface area (Å²) in [5.74, 6) is 0.691. The molecule has 10 atom stereocenters. The lowest BCUT2D eigenvalue weighted by atomic mass is 9.34. The Morgan fingerprint density at radius 1 is 1.12 bits per heavy atom. The standard InChI is InChI=1S/C28H44O5/c1-16-18-8-9-20-26(5)13-10-19-25(3,4)11-7-12-28(19,15-32-17(2)29)21(26)14-22(30)27(20,6)23(18)24(31)33-16/h8,16,19-24,30-31H,7,9-15H2,1-6H3/t16-,19-,20-,21+,22-,23+,24+,26-,27+,28+/m0/s1. The van der Waals surface area contributed by atoms with Crippen molar-refractivity contribution in [2.75, 3.05) is 6.61 Å². The average molecular weight is 461 g/mol. The molecule has 0 aromatic heterocycles. The minimum atomic E-state index is -0.853. The summed E-state index contributed by atoms with van der Waals surface area (Å²) in [6, 6.07) is 0. The summed E-state index contributed by atoms with van der Waals surface area (Å²) in [6.45, 7) is 13.5. The first-order valence-corrected chi connectivity index (χ1v) is 13.2. The Morgan fingerprint density at radius 2 is 1.85 bits per heavy atom. The first kappa shape index (κ1) is 23.8. The van der Waals surface area contributed by atoms with Gasteiger partial charge in [-0.25, -0.2) is 0 Å². The summed E-state index contributed by atoms with van der Waals surface area (Å²) in [7, 11) is 0. The van der Waals surface area contributed by atoms with Crippen molar-refractivity contribution in [3.8, 4) is 0 Å². The summed E-state index contributed by atoms with van der Waals surface area (Å²) in [4.78, 5) is 12.0. The second-order valence-corrected chi connectivity index (χ2v) is 13.3. The third kappa shape index (κ3) is 3.10. The molecule has 0 spiro atoms. The van der Waals surface area contributed by atoms with Crippen LogP contribution in [0.3, 0.4) is 0 Å². The second-order valence-electron chi connectivity index (χ2n) is 13.3. The van der Waals surface area contributed by atoms with E-state index in [2.05, 4.69) is 33.8 Å². The van der Waals surface area contributed by atoms with Crippen LogP contribution in [0.2, 0.25) is 0 Å². The van der Waals surface area contributed by atoms with Gasteiger partial charge in [0.1, 0.15) is 0 Å². The Balaban J connectivity index is 1.60. The lowest BCUT2D eigenvalue weighted by Gasteiger charge is -2.70. The van der Waals surface area contributed by atoms with Gasteiger partial charge >= 0.3 is 5.97 Å². The van der Waals surface area contributed by atoms with Gasteiger partial charge in [-0.3, -0.25) is 4.79 Å². The number of fused-ring (bicyclic) bond motifs is 7. The number of esters is 1. The van der Waals surface area contributed by atoms with Crippen molar-refractivity contribution in [2.45, 2.75) is 105 Å². The van der Waals surface area contributed by atoms with E-state index in [0.717, 1.165) is 32.1 Å². The molecule has 0 amide bonds. The van der Waals surface area contributed by atoms with Crippen LogP contribution in [-0.2, 0) is 14.3 Å². The van der Waals surface area contributed by atoms with E-state index in [1.54, 1.807) is 0 Å². The van der Waals surface area contributed by atoms with Gasteiger partial charge in [0.25, 0.3) is 0 Å². The molecule has 0 aromatic rings. The fraction of sp³-hybridized carbons (Fsp3) is 0.893. The number of hydrogen-bond acceptors (Lipinski definition) is 5. The van der Waals surface area contributed by atoms with Gasteiger partial charge in [0.2, 0.25) is 0 Å². The third-order valence-corrected chi connectivity index (χ3v) is 11.5. The Morgan fingerprint density at radius 3 is 2.55 bits per heavy atom. The fourth-order valence-electron chi connectivity index (χ4n) is 10.2. The highest BCUT2D eigenvalue weighted by molar-refractivity contribution is 5.66. The number of aliphatic hydroxyl groups excluding tert-OH is 2. The quantitative estimate of drug-likeness (QED) is 0.455. The second kappa shape index (κ2) is 7.54. The molecule has 5 rings (SSSR count). The molecular formula is C28H44O5. The van der Waals surface area contributed by atoms with Crippen LogP contribution in [0.4, 0.5) is 0 Å². The molecule has 3 saturated carbocycles. The van der Waals surface area contributed by atoms with E-state index in [9.17, 15) is 15.0 Å². The maximum atomic E-state index is 12.0. The van der Waals surface area contributed by atoms with Gasteiger partial charge in [-0.2, -0.15) is 0 Å². The van der Waals surface area contributed by atoms with Gasteiger partial charge in [0.15, 0.2) is 6.29 Å². The highest BCUT2D eigenvalue weighted by atomic mass is 16.6. The van der Waals surface area contributed by atoms with Crippen LogP contribution in [0.5, 0.6) is 0 Å². The molecular weight excluding hydrogens is 416 g/mol. The number of rotatable bonds is 2. The lowest BCUT2D eigenvalue weighted by molar-refractivity contribution is -0.259. The van der Waals surface area contributed by atoms with Crippen LogP contribution >= 0.6 is 0 Å². The van der Waals surface area contributed by atoms with Crippen molar-refractivity contribution in [1.29, 1.82) is 0 Å². The van der Waals surface area contributed by atoms with Crippen LogP contribution in [0.1, 0.15) is 86.5 Å². The summed E-state index contributed by atoms with van der Waals surface area (Å²) < 4.78 is 11.7. The van der Waals surface area contributed by atoms with E-state index < -0.39 is 17.8 Å². The Hall–Kier alpha value is -0.910. The van der Waals surface area contributed by atoms with Crippen LogP contribution in [0, 0.1) is 45.3 Å². The average Bonchev–Trinajstić information content (AvgIpc) is 3.02. The molecule has 0 radical (unpaired) electrons. The molecule has 186 valence electrons. The van der Waals surface area contributed by atoms with Gasteiger partial charge in [0.05, 0.1) is 18.8 Å².